The van der Waals surface area contributed by atoms with Crippen LogP contribution < -0.4 is 4.72 Å². The van der Waals surface area contributed by atoms with Crippen LogP contribution in [0.25, 0.3) is 0 Å². The van der Waals surface area contributed by atoms with Crippen LogP contribution in [0.3, 0.4) is 0 Å². The van der Waals surface area contributed by atoms with Crippen molar-refractivity contribution in [2.24, 2.45) is 5.92 Å². The van der Waals surface area contributed by atoms with Crippen LogP contribution in [0, 0.1) is 5.92 Å². The lowest BCUT2D eigenvalue weighted by atomic mass is 9.91. The van der Waals surface area contributed by atoms with E-state index in [1.54, 1.807) is 0 Å². The van der Waals surface area contributed by atoms with Crippen molar-refractivity contribution in [3.8, 4) is 0 Å². The first-order valence-corrected chi connectivity index (χ1v) is 10.1. The number of amides is 1. The van der Waals surface area contributed by atoms with E-state index in [4.69, 9.17) is 0 Å². The van der Waals surface area contributed by atoms with E-state index in [9.17, 15) is 13.2 Å². The first kappa shape index (κ1) is 18.9. The van der Waals surface area contributed by atoms with Gasteiger partial charge in [-0.1, -0.05) is 26.8 Å². The van der Waals surface area contributed by atoms with E-state index in [0.717, 1.165) is 37.1 Å². The minimum atomic E-state index is -3.47. The van der Waals surface area contributed by atoms with Crippen molar-refractivity contribution in [3.63, 3.8) is 0 Å². The predicted molar refractivity (Wildman–Crippen MR) is 93.9 cm³/mol. The number of nitrogens with one attached hydrogen (secondary N) is 1. The summed E-state index contributed by atoms with van der Waals surface area (Å²) in [6.45, 7) is 8.79. The normalized spacial score (nSPS) is 17.7. The van der Waals surface area contributed by atoms with E-state index in [0.29, 0.717) is 12.8 Å². The molecule has 1 aliphatic heterocycles. The summed E-state index contributed by atoms with van der Waals surface area (Å²) in [6, 6.07) is 4.18. The Balaban J connectivity index is 1.86. The number of carbonyl (C=O) groups excluding carboxylic acids is 1. The molecule has 1 N–H and O–H groups in total. The lowest BCUT2D eigenvalue weighted by molar-refractivity contribution is -0.124. The molecule has 1 fully saturated rings. The van der Waals surface area contributed by atoms with Gasteiger partial charge in [0.25, 0.3) is 0 Å². The minimum Gasteiger partial charge on any atom is -0.299 e. The Morgan fingerprint density at radius 2 is 1.92 bits per heavy atom. The second-order valence-corrected chi connectivity index (χ2v) is 9.34. The number of nitrogens with zero attached hydrogens (tertiary/aromatic N) is 2. The SMILES string of the molecule is CC(C)(C)c1ccc(CN2CCC(C(=O)NS(C)(=O)=O)CC2)cn1. The maximum atomic E-state index is 11.9. The molecule has 6 nitrogen and oxygen atoms in total. The molecule has 1 aromatic heterocycles. The second-order valence-electron chi connectivity index (χ2n) is 7.59. The standard InChI is InChI=1S/C17H27N3O3S/c1-17(2,3)15-6-5-13(11-18-15)12-20-9-7-14(8-10-20)16(21)19-24(4,22)23/h5-6,11,14H,7-10,12H2,1-4H3,(H,19,21). The molecule has 0 unspecified atom stereocenters. The Hall–Kier alpha value is -1.47. The summed E-state index contributed by atoms with van der Waals surface area (Å²) in [6.07, 6.45) is 4.28. The van der Waals surface area contributed by atoms with Gasteiger partial charge in [-0.05, 0) is 37.6 Å². The average Bonchev–Trinajstić information content (AvgIpc) is 2.46. The van der Waals surface area contributed by atoms with Gasteiger partial charge in [0.1, 0.15) is 0 Å². The van der Waals surface area contributed by atoms with Crippen LogP contribution in [0.1, 0.15) is 44.9 Å². The number of hydrogen-bond acceptors (Lipinski definition) is 5. The molecule has 1 aliphatic rings. The molecule has 0 bridgehead atoms. The molecule has 7 heteroatoms. The zero-order valence-corrected chi connectivity index (χ0v) is 15.7. The minimum absolute atomic E-state index is 0.0455. The van der Waals surface area contributed by atoms with Crippen LogP contribution >= 0.6 is 0 Å². The van der Waals surface area contributed by atoms with E-state index in [2.05, 4.69) is 47.5 Å². The third kappa shape index (κ3) is 5.56. The molecule has 0 spiro atoms. The van der Waals surface area contributed by atoms with E-state index in [1.807, 2.05) is 6.20 Å². The monoisotopic (exact) mass is 353 g/mol. The molecule has 0 atom stereocenters. The van der Waals surface area contributed by atoms with E-state index >= 15 is 0 Å². The smallest absolute Gasteiger partial charge is 0.236 e. The molecule has 2 heterocycles. The molecule has 0 radical (unpaired) electrons. The van der Waals surface area contributed by atoms with Crippen molar-refractivity contribution in [2.75, 3.05) is 19.3 Å². The van der Waals surface area contributed by atoms with Gasteiger partial charge in [-0.15, -0.1) is 0 Å². The second kappa shape index (κ2) is 7.19. The first-order valence-electron chi connectivity index (χ1n) is 8.24. The molecule has 0 aromatic carbocycles. The number of sulfonamides is 1. The number of piperidine rings is 1. The van der Waals surface area contributed by atoms with Gasteiger partial charge >= 0.3 is 0 Å². The highest BCUT2D eigenvalue weighted by atomic mass is 32.2. The molecule has 134 valence electrons. The maximum absolute atomic E-state index is 11.9. The molecule has 1 amide bonds. The van der Waals surface area contributed by atoms with Gasteiger partial charge in [0.05, 0.1) is 6.26 Å². The quantitative estimate of drug-likeness (QED) is 0.891. The number of pyridine rings is 1. The molecule has 1 saturated heterocycles. The van der Waals surface area contributed by atoms with Crippen molar-refractivity contribution < 1.29 is 13.2 Å². The number of likely N-dealkylation sites (tertiary alicyclic amines) is 1. The van der Waals surface area contributed by atoms with Crippen molar-refractivity contribution in [2.45, 2.75) is 45.6 Å². The average molecular weight is 353 g/mol. The van der Waals surface area contributed by atoms with Crippen LogP contribution in [0.15, 0.2) is 18.3 Å². The highest BCUT2D eigenvalue weighted by molar-refractivity contribution is 7.89. The van der Waals surface area contributed by atoms with Crippen LogP contribution in [-0.4, -0.2) is 43.6 Å². The van der Waals surface area contributed by atoms with Gasteiger partial charge in [-0.2, -0.15) is 0 Å². The van der Waals surface area contributed by atoms with E-state index in [1.165, 1.54) is 0 Å². The summed E-state index contributed by atoms with van der Waals surface area (Å²) in [5.74, 6) is -0.606. The Bertz CT molecular complexity index is 670. The van der Waals surface area contributed by atoms with Gasteiger partial charge in [0.2, 0.25) is 15.9 Å². The van der Waals surface area contributed by atoms with Crippen LogP contribution in [-0.2, 0) is 26.8 Å². The summed E-state index contributed by atoms with van der Waals surface area (Å²) in [4.78, 5) is 18.7. The van der Waals surface area contributed by atoms with Crippen LogP contribution in [0.5, 0.6) is 0 Å². The maximum Gasteiger partial charge on any atom is 0.236 e. The summed E-state index contributed by atoms with van der Waals surface area (Å²) in [5.41, 5.74) is 2.27. The van der Waals surface area contributed by atoms with Crippen LogP contribution in [0.2, 0.25) is 0 Å². The van der Waals surface area contributed by atoms with E-state index < -0.39 is 10.0 Å². The third-order valence-electron chi connectivity index (χ3n) is 4.24. The summed E-state index contributed by atoms with van der Waals surface area (Å²) >= 11 is 0. The molecule has 0 aliphatic carbocycles. The van der Waals surface area contributed by atoms with Crippen molar-refractivity contribution in [3.05, 3.63) is 29.6 Å². The van der Waals surface area contributed by atoms with E-state index in [-0.39, 0.29) is 17.2 Å². The summed E-state index contributed by atoms with van der Waals surface area (Å²) < 4.78 is 24.4. The predicted octanol–water partition coefficient (Wildman–Crippen LogP) is 1.67. The lowest BCUT2D eigenvalue weighted by Gasteiger charge is -2.31. The Morgan fingerprint density at radius 1 is 1.29 bits per heavy atom. The number of carbonyl (C=O) groups is 1. The molecule has 0 saturated carbocycles. The number of aromatic nitrogens is 1. The largest absolute Gasteiger partial charge is 0.299 e. The molecular formula is C17H27N3O3S. The number of rotatable bonds is 4. The highest BCUT2D eigenvalue weighted by Gasteiger charge is 2.26. The van der Waals surface area contributed by atoms with Crippen molar-refractivity contribution in [1.82, 2.24) is 14.6 Å². The Morgan fingerprint density at radius 3 is 2.38 bits per heavy atom. The Kier molecular flexibility index (Phi) is 5.65. The van der Waals surface area contributed by atoms with Crippen molar-refractivity contribution in [1.29, 1.82) is 0 Å². The third-order valence-corrected chi connectivity index (χ3v) is 4.82. The van der Waals surface area contributed by atoms with Crippen LogP contribution in [0.4, 0.5) is 0 Å². The highest BCUT2D eigenvalue weighted by Crippen LogP contribution is 2.22. The van der Waals surface area contributed by atoms with Crippen molar-refractivity contribution >= 4 is 15.9 Å². The summed E-state index contributed by atoms with van der Waals surface area (Å²) in [7, 11) is -3.47. The van der Waals surface area contributed by atoms with Gasteiger partial charge in [-0.25, -0.2) is 8.42 Å². The molecule has 1 aromatic rings. The zero-order chi connectivity index (χ0) is 18.0. The van der Waals surface area contributed by atoms with Gasteiger partial charge in [-0.3, -0.25) is 19.4 Å². The first-order chi connectivity index (χ1) is 11.0. The summed E-state index contributed by atoms with van der Waals surface area (Å²) in [5, 5.41) is 0. The molecular weight excluding hydrogens is 326 g/mol. The van der Waals surface area contributed by atoms with Gasteiger partial charge < -0.3 is 0 Å². The fourth-order valence-electron chi connectivity index (χ4n) is 2.84. The molecule has 2 rings (SSSR count). The van der Waals surface area contributed by atoms with Gasteiger partial charge in [0.15, 0.2) is 0 Å². The molecule has 24 heavy (non-hydrogen) atoms. The van der Waals surface area contributed by atoms with Gasteiger partial charge in [0, 0.05) is 29.8 Å². The topological polar surface area (TPSA) is 79.4 Å². The fourth-order valence-corrected chi connectivity index (χ4v) is 3.37. The lowest BCUT2D eigenvalue weighted by Crippen LogP contribution is -2.41. The Labute approximate surface area is 144 Å². The number of hydrogen-bond donors (Lipinski definition) is 1. The fraction of sp³-hybridized carbons (Fsp3) is 0.647. The zero-order valence-electron chi connectivity index (χ0n) is 14.9.